The molecule has 164 valence electrons. The number of rotatable bonds is 6. The van der Waals surface area contributed by atoms with E-state index >= 15 is 0 Å². The summed E-state index contributed by atoms with van der Waals surface area (Å²) in [5, 5.41) is 4.09. The number of hydrogen-bond donors (Lipinski definition) is 1. The summed E-state index contributed by atoms with van der Waals surface area (Å²) in [6.45, 7) is -0.936. The van der Waals surface area contributed by atoms with Crippen molar-refractivity contribution in [2.75, 3.05) is 0 Å². The van der Waals surface area contributed by atoms with Gasteiger partial charge >= 0.3 is 5.69 Å². The number of amides is 1. The van der Waals surface area contributed by atoms with Gasteiger partial charge in [-0.3, -0.25) is 18.7 Å². The smallest absolute Gasteiger partial charge is 0.332 e. The van der Waals surface area contributed by atoms with E-state index in [0.29, 0.717) is 6.07 Å². The molecule has 32 heavy (non-hydrogen) atoms. The first kappa shape index (κ1) is 21.6. The summed E-state index contributed by atoms with van der Waals surface area (Å²) < 4.78 is 43.1. The van der Waals surface area contributed by atoms with E-state index in [-0.39, 0.29) is 34.4 Å². The number of halogens is 3. The maximum Gasteiger partial charge on any atom is 0.332 e. The molecule has 1 N–H and O–H groups in total. The second-order valence-electron chi connectivity index (χ2n) is 7.00. The molecule has 0 aliphatic rings. The van der Waals surface area contributed by atoms with Crippen molar-refractivity contribution in [3.05, 3.63) is 103 Å². The van der Waals surface area contributed by atoms with E-state index in [9.17, 15) is 27.6 Å². The van der Waals surface area contributed by atoms with E-state index in [0.717, 1.165) is 26.5 Å². The number of fused-ring (bicyclic) bond motifs is 1. The minimum atomic E-state index is -0.805. The molecule has 0 unspecified atom stereocenters. The summed E-state index contributed by atoms with van der Waals surface area (Å²) in [7, 11) is 0. The fraction of sp³-hybridized carbons (Fsp3) is 0.136. The van der Waals surface area contributed by atoms with Crippen LogP contribution in [0.3, 0.4) is 0 Å². The SMILES string of the molecule is O=C(Cn1c(=O)n(Cc2ccccc2F)c(=O)c2sccc21)NCc1ccc(F)cc1F. The van der Waals surface area contributed by atoms with Gasteiger partial charge in [-0.05, 0) is 23.6 Å². The molecule has 0 spiro atoms. The highest BCUT2D eigenvalue weighted by atomic mass is 32.1. The summed E-state index contributed by atoms with van der Waals surface area (Å²) in [5.41, 5.74) is -0.832. The predicted molar refractivity (Wildman–Crippen MR) is 114 cm³/mol. The van der Waals surface area contributed by atoms with Gasteiger partial charge in [-0.2, -0.15) is 0 Å². The lowest BCUT2D eigenvalue weighted by Gasteiger charge is -2.13. The van der Waals surface area contributed by atoms with Crippen molar-refractivity contribution in [2.24, 2.45) is 0 Å². The molecular formula is C22H16F3N3O3S. The van der Waals surface area contributed by atoms with Crippen molar-refractivity contribution in [1.29, 1.82) is 0 Å². The Labute approximate surface area is 183 Å². The summed E-state index contributed by atoms with van der Waals surface area (Å²) in [4.78, 5) is 38.3. The quantitative estimate of drug-likeness (QED) is 0.482. The molecule has 2 aromatic carbocycles. The van der Waals surface area contributed by atoms with Crippen molar-refractivity contribution in [3.8, 4) is 0 Å². The van der Waals surface area contributed by atoms with Crippen LogP contribution in [0.25, 0.3) is 10.2 Å². The molecule has 0 bridgehead atoms. The van der Waals surface area contributed by atoms with Crippen LogP contribution in [-0.4, -0.2) is 15.0 Å². The third kappa shape index (κ3) is 4.22. The van der Waals surface area contributed by atoms with Gasteiger partial charge < -0.3 is 5.32 Å². The predicted octanol–water partition coefficient (Wildman–Crippen LogP) is 3.01. The first-order chi connectivity index (χ1) is 15.3. The Morgan fingerprint density at radius 2 is 1.72 bits per heavy atom. The highest BCUT2D eigenvalue weighted by Gasteiger charge is 2.18. The average molecular weight is 459 g/mol. The molecule has 1 amide bonds. The normalized spacial score (nSPS) is 11.1. The monoisotopic (exact) mass is 459 g/mol. The molecule has 0 aliphatic carbocycles. The fourth-order valence-electron chi connectivity index (χ4n) is 3.28. The number of nitrogens with zero attached hydrogens (tertiary/aromatic N) is 2. The number of thiophene rings is 1. The zero-order valence-electron chi connectivity index (χ0n) is 16.5. The molecule has 0 atom stereocenters. The van der Waals surface area contributed by atoms with E-state index < -0.39 is 41.2 Å². The number of nitrogens with one attached hydrogen (secondary N) is 1. The molecule has 4 rings (SSSR count). The van der Waals surface area contributed by atoms with Crippen LogP contribution in [0.5, 0.6) is 0 Å². The van der Waals surface area contributed by atoms with Crippen LogP contribution in [0.1, 0.15) is 11.1 Å². The maximum absolute atomic E-state index is 14.1. The molecule has 6 nitrogen and oxygen atoms in total. The molecule has 0 radical (unpaired) electrons. The van der Waals surface area contributed by atoms with Crippen molar-refractivity contribution in [2.45, 2.75) is 19.6 Å². The average Bonchev–Trinajstić information content (AvgIpc) is 3.25. The van der Waals surface area contributed by atoms with Gasteiger partial charge in [0.1, 0.15) is 28.7 Å². The van der Waals surface area contributed by atoms with E-state index in [1.807, 2.05) is 0 Å². The molecule has 2 aromatic heterocycles. The van der Waals surface area contributed by atoms with E-state index in [2.05, 4.69) is 5.32 Å². The Kier molecular flexibility index (Phi) is 5.95. The molecule has 10 heteroatoms. The standard InChI is InChI=1S/C22H16F3N3O3S/c23-15-6-5-13(17(25)9-15)10-26-19(29)12-27-18-7-8-32-20(18)21(30)28(22(27)31)11-14-3-1-2-4-16(14)24/h1-9H,10-12H2,(H,26,29). The summed E-state index contributed by atoms with van der Waals surface area (Å²) in [5.74, 6) is -2.71. The van der Waals surface area contributed by atoms with Gasteiger partial charge in [-0.15, -0.1) is 11.3 Å². The largest absolute Gasteiger partial charge is 0.350 e. The van der Waals surface area contributed by atoms with Crippen molar-refractivity contribution >= 4 is 27.5 Å². The van der Waals surface area contributed by atoms with Gasteiger partial charge in [0.2, 0.25) is 5.91 Å². The molecule has 0 saturated carbocycles. The Bertz CT molecular complexity index is 1440. The van der Waals surface area contributed by atoms with Crippen LogP contribution < -0.4 is 16.6 Å². The number of hydrogen-bond acceptors (Lipinski definition) is 4. The Hall–Kier alpha value is -3.66. The molecule has 0 saturated heterocycles. The lowest BCUT2D eigenvalue weighted by molar-refractivity contribution is -0.121. The Morgan fingerprint density at radius 1 is 0.938 bits per heavy atom. The minimum absolute atomic E-state index is 0.0808. The molecule has 4 aromatic rings. The lowest BCUT2D eigenvalue weighted by atomic mass is 10.2. The van der Waals surface area contributed by atoms with Gasteiger partial charge in [0.15, 0.2) is 0 Å². The molecular weight excluding hydrogens is 443 g/mol. The van der Waals surface area contributed by atoms with Gasteiger partial charge in [0.25, 0.3) is 5.56 Å². The highest BCUT2D eigenvalue weighted by molar-refractivity contribution is 7.17. The molecule has 2 heterocycles. The minimum Gasteiger partial charge on any atom is -0.350 e. The van der Waals surface area contributed by atoms with Crippen molar-refractivity contribution in [3.63, 3.8) is 0 Å². The first-order valence-corrected chi connectivity index (χ1v) is 10.4. The molecule has 0 fully saturated rings. The Morgan fingerprint density at radius 3 is 2.47 bits per heavy atom. The Balaban J connectivity index is 1.64. The summed E-state index contributed by atoms with van der Waals surface area (Å²) in [6, 6.07) is 10.3. The van der Waals surface area contributed by atoms with Crippen LogP contribution in [0.15, 0.2) is 63.5 Å². The summed E-state index contributed by atoms with van der Waals surface area (Å²) in [6.07, 6.45) is 0. The third-order valence-electron chi connectivity index (χ3n) is 4.92. The van der Waals surface area contributed by atoms with Crippen LogP contribution in [0, 0.1) is 17.5 Å². The van der Waals surface area contributed by atoms with Crippen LogP contribution in [0.2, 0.25) is 0 Å². The van der Waals surface area contributed by atoms with Crippen molar-refractivity contribution in [1.82, 2.24) is 14.5 Å². The number of aromatic nitrogens is 2. The van der Waals surface area contributed by atoms with Crippen LogP contribution in [0.4, 0.5) is 13.2 Å². The third-order valence-corrected chi connectivity index (χ3v) is 5.81. The van der Waals surface area contributed by atoms with Crippen molar-refractivity contribution < 1.29 is 18.0 Å². The number of carbonyl (C=O) groups excluding carboxylic acids is 1. The summed E-state index contributed by atoms with van der Waals surface area (Å²) >= 11 is 1.10. The second-order valence-corrected chi connectivity index (χ2v) is 7.91. The fourth-order valence-corrected chi connectivity index (χ4v) is 4.12. The number of benzene rings is 2. The second kappa shape index (κ2) is 8.83. The molecule has 0 aliphatic heterocycles. The zero-order valence-corrected chi connectivity index (χ0v) is 17.3. The highest BCUT2D eigenvalue weighted by Crippen LogP contribution is 2.16. The van der Waals surface area contributed by atoms with E-state index in [4.69, 9.17) is 0 Å². The topological polar surface area (TPSA) is 73.1 Å². The van der Waals surface area contributed by atoms with E-state index in [1.165, 1.54) is 24.3 Å². The van der Waals surface area contributed by atoms with E-state index in [1.54, 1.807) is 17.5 Å². The first-order valence-electron chi connectivity index (χ1n) is 9.50. The maximum atomic E-state index is 14.1. The van der Waals surface area contributed by atoms with Crippen LogP contribution in [-0.2, 0) is 24.4 Å². The lowest BCUT2D eigenvalue weighted by Crippen LogP contribution is -2.42. The number of carbonyl (C=O) groups is 1. The van der Waals surface area contributed by atoms with Gasteiger partial charge in [0, 0.05) is 23.7 Å². The zero-order chi connectivity index (χ0) is 22.8. The van der Waals surface area contributed by atoms with Gasteiger partial charge in [0.05, 0.1) is 12.1 Å². The van der Waals surface area contributed by atoms with Gasteiger partial charge in [-0.25, -0.2) is 18.0 Å². The van der Waals surface area contributed by atoms with Crippen LogP contribution >= 0.6 is 11.3 Å². The van der Waals surface area contributed by atoms with Gasteiger partial charge in [-0.1, -0.05) is 24.3 Å².